The fraction of sp³-hybridized carbons (Fsp3) is 0.892. The average molecular weight is 1950 g/mol. The van der Waals surface area contributed by atoms with Crippen molar-refractivity contribution in [2.24, 2.45) is 44.8 Å². The van der Waals surface area contributed by atoms with Crippen molar-refractivity contribution < 1.29 is 207 Å². The third-order valence-corrected chi connectivity index (χ3v) is 32.6. The summed E-state index contributed by atoms with van der Waals surface area (Å²) in [4.78, 5) is 36.8. The fourth-order valence-corrected chi connectivity index (χ4v) is 24.2. The molecule has 12 fully saturated rings. The number of aliphatic hydroxyl groups is 21. The lowest BCUT2D eigenvalue weighted by atomic mass is 9.34. The largest absolute Gasteiger partial charge is 0.432 e. The second kappa shape index (κ2) is 44.7. The highest BCUT2D eigenvalue weighted by atomic mass is 17.1. The second-order valence-corrected chi connectivity index (χ2v) is 41.8. The Kier molecular flexibility index (Phi) is 35.5. The molecule has 48 atom stereocenters. The monoisotopic (exact) mass is 1950 g/mol. The normalized spacial score (nSPS) is 49.2. The van der Waals surface area contributed by atoms with E-state index in [4.69, 9.17) is 85.4 Å². The molecule has 14 rings (SSSR count). The molecule has 136 heavy (non-hydrogen) atoms. The summed E-state index contributed by atoms with van der Waals surface area (Å²) in [6, 6.07) is 10.00. The number of esters is 1. The van der Waals surface area contributed by atoms with Crippen molar-refractivity contribution in [3.8, 4) is 0 Å². The summed E-state index contributed by atoms with van der Waals surface area (Å²) in [5.74, 6) is -3.50. The van der Waals surface area contributed by atoms with Gasteiger partial charge in [0, 0.05) is 13.2 Å². The first-order chi connectivity index (χ1) is 64.4. The minimum absolute atomic E-state index is 0.0176. The van der Waals surface area contributed by atoms with Crippen molar-refractivity contribution in [3.63, 3.8) is 0 Å². The van der Waals surface area contributed by atoms with Crippen LogP contribution in [0.1, 0.15) is 183 Å². The minimum Gasteiger partial charge on any atom is -0.432 e. The second-order valence-electron chi connectivity index (χ2n) is 41.8. The van der Waals surface area contributed by atoms with Gasteiger partial charge in [-0.05, 0) is 143 Å². The van der Waals surface area contributed by atoms with E-state index in [0.717, 1.165) is 62.5 Å². The van der Waals surface area contributed by atoms with Crippen LogP contribution in [0.2, 0.25) is 0 Å². The predicted molar refractivity (Wildman–Crippen MR) is 460 cm³/mol. The highest BCUT2D eigenvalue weighted by molar-refractivity contribution is 5.82. The van der Waals surface area contributed by atoms with Crippen LogP contribution in [-0.4, -0.2) is 415 Å². The molecule has 0 bridgehead atoms. The number of hydrogen-bond donors (Lipinski definition) is 23. The van der Waals surface area contributed by atoms with E-state index in [1.54, 1.807) is 6.92 Å². The molecule has 0 aromatic heterocycles. The van der Waals surface area contributed by atoms with E-state index in [2.05, 4.69) is 46.0 Å². The van der Waals surface area contributed by atoms with E-state index in [1.165, 1.54) is 20.8 Å². The number of hydrogen-bond acceptors (Lipinski definition) is 42. The SMILES string of the molecule is CC1OC(O[C@@H]2C(O[C@@H]3OC(CO)[C@H](O)[C@H](O)C3O)[C@H](O[C@H]3CCC4(C)C5CC=C6C7CC(C)(C)CCC7(C(=O)O[C@@H]7OC(C)[C@H](O)[C@H](O)C7OC7OC(C)[C@H](O[C@@H]8OC[C@@H](O)[C@H](O)C8O)C(O[C@@H]8OC(CO)[C@@H](O)[C@H](O[C@@H]9OC[C@@H](O)[C@H](O)C9O)C8O)[C@@H]7O)[C@@H](O)C[C@@]6(C)C5(C)CC[C@H]4C3(C)OO)OC(C(=O)NCCCCCCCCCCCOCc3ccccc3)[C@H]2O)C(O)C(O)C1O. The van der Waals surface area contributed by atoms with Gasteiger partial charge >= 0.3 is 5.97 Å². The summed E-state index contributed by atoms with van der Waals surface area (Å²) in [5, 5.41) is 253. The zero-order valence-corrected chi connectivity index (χ0v) is 78.5. The molecule has 4 saturated carbocycles. The Bertz CT molecular complexity index is 4020. The van der Waals surface area contributed by atoms with Crippen LogP contribution in [-0.2, 0) is 102 Å². The van der Waals surface area contributed by atoms with E-state index in [-0.39, 0.29) is 31.7 Å². The number of aliphatic hydroxyl groups excluding tert-OH is 21. The molecule has 1 aromatic rings. The standard InChI is InChI=1S/C93H149NO42/c1-41-55(100)61(106)66(111)81(122-41)130-73-68(113)75(78(116)94-32-20-15-13-11-10-12-14-16-21-33-119-38-44-22-18-17-19-23-44)132-86(77(73)134-82-67(112)62(107)59(104)49(36-95)125-82)127-54-27-28-89(6)51-25-24-45-46-34-88(4,5)30-31-93(46,53(99)35-91(45,8)90(51,7)29-26-52(89)92(54,9)136-118)87(117)135-85-76(63(108)56(101)42(2)123-85)133-83-70(115)74(71(43(3)124-83)128-79-64(109)57(102)47(97)39-120-79)131-84-69(114)72(60(105)50(37-96)126-84)129-80-65(110)58(103)48(98)40-121-80/h17-19,22-24,41-43,46-77,79-86,95-115,118H,10-16,20-21,25-40H2,1-9H3,(H,94,116)/t41?,42?,43?,46?,47-,48-,49?,50?,51?,52-,53+,54+,55?,56+,57+,58+,59+,60-,61?,62+,63+,64?,65?,66?,67?,68+,69?,70+,71+,72+,73+,74?,75?,76?,77?,79+,80+,81?,82+,83?,84+,85+,86-,89?,90?,91-,92?,93?/m1/s1. The van der Waals surface area contributed by atoms with Gasteiger partial charge in [0.15, 0.2) is 56.2 Å². The van der Waals surface area contributed by atoms with Gasteiger partial charge in [0.05, 0.1) is 63.6 Å². The molecule has 8 aliphatic heterocycles. The first kappa shape index (κ1) is 108. The number of benzene rings is 1. The molecule has 8 saturated heterocycles. The zero-order chi connectivity index (χ0) is 98.5. The van der Waals surface area contributed by atoms with Gasteiger partial charge in [-0.25, -0.2) is 4.89 Å². The average Bonchev–Trinajstić information content (AvgIpc) is 0.667. The summed E-state index contributed by atoms with van der Waals surface area (Å²) in [6.07, 6.45) is -60.6. The number of carbonyl (C=O) groups excluding carboxylic acids is 2. The number of carbonyl (C=O) groups is 2. The van der Waals surface area contributed by atoms with E-state index in [1.807, 2.05) is 30.3 Å². The lowest BCUT2D eigenvalue weighted by Gasteiger charge is -2.71. The minimum atomic E-state index is -2.23. The van der Waals surface area contributed by atoms with Crippen LogP contribution >= 0.6 is 0 Å². The Hall–Kier alpha value is -3.66. The number of ether oxygens (including phenoxy) is 17. The number of amides is 1. The third-order valence-electron chi connectivity index (χ3n) is 32.6. The number of allylic oxidation sites excluding steroid dienone is 2. The first-order valence-electron chi connectivity index (χ1n) is 48.5. The van der Waals surface area contributed by atoms with E-state index in [0.29, 0.717) is 58.2 Å². The van der Waals surface area contributed by atoms with Crippen molar-refractivity contribution in [2.45, 2.75) is 436 Å². The lowest BCUT2D eigenvalue weighted by Crippen LogP contribution is -2.71. The van der Waals surface area contributed by atoms with Gasteiger partial charge in [-0.15, -0.1) is 0 Å². The van der Waals surface area contributed by atoms with Gasteiger partial charge in [-0.2, -0.15) is 0 Å². The molecular formula is C93H149NO42. The van der Waals surface area contributed by atoms with Crippen molar-refractivity contribution >= 4 is 11.9 Å². The van der Waals surface area contributed by atoms with Gasteiger partial charge in [0.2, 0.25) is 6.29 Å². The number of rotatable bonds is 34. The van der Waals surface area contributed by atoms with Crippen LogP contribution in [0.5, 0.6) is 0 Å². The topological polar surface area (TPSA) is 657 Å². The molecule has 43 heteroatoms. The third kappa shape index (κ3) is 21.4. The van der Waals surface area contributed by atoms with Crippen LogP contribution in [0.4, 0.5) is 0 Å². The van der Waals surface area contributed by atoms with E-state index < -0.39 is 328 Å². The predicted octanol–water partition coefficient (Wildman–Crippen LogP) is -3.33. The van der Waals surface area contributed by atoms with Crippen LogP contribution < -0.4 is 5.32 Å². The Balaban J connectivity index is 0.703. The van der Waals surface area contributed by atoms with E-state index >= 15 is 4.79 Å². The quantitative estimate of drug-likeness (QED) is 0.00801. The zero-order valence-electron chi connectivity index (χ0n) is 78.5. The van der Waals surface area contributed by atoms with Crippen molar-refractivity contribution in [1.29, 1.82) is 0 Å². The highest BCUT2D eigenvalue weighted by Gasteiger charge is 2.74. The number of unbranched alkanes of at least 4 members (excludes halogenated alkanes) is 8. The molecule has 0 spiro atoms. The van der Waals surface area contributed by atoms with Gasteiger partial charge in [0.1, 0.15) is 164 Å². The maximum absolute atomic E-state index is 16.2. The summed E-state index contributed by atoms with van der Waals surface area (Å²) >= 11 is 0. The van der Waals surface area contributed by atoms with Crippen molar-refractivity contribution in [2.75, 3.05) is 39.6 Å². The van der Waals surface area contributed by atoms with E-state index in [9.17, 15) is 117 Å². The molecule has 778 valence electrons. The Morgan fingerprint density at radius 2 is 0.949 bits per heavy atom. The van der Waals surface area contributed by atoms with Crippen LogP contribution in [0.3, 0.4) is 0 Å². The molecular weight excluding hydrogens is 1800 g/mol. The van der Waals surface area contributed by atoms with Crippen molar-refractivity contribution in [3.05, 3.63) is 47.5 Å². The van der Waals surface area contributed by atoms with Gasteiger partial charge in [-0.1, -0.05) is 122 Å². The Morgan fingerprint density at radius 1 is 0.441 bits per heavy atom. The van der Waals surface area contributed by atoms with Crippen LogP contribution in [0.25, 0.3) is 0 Å². The molecule has 5 aliphatic carbocycles. The van der Waals surface area contributed by atoms with Crippen LogP contribution in [0.15, 0.2) is 42.0 Å². The smallest absolute Gasteiger partial charge is 0.317 e. The molecule has 43 nitrogen and oxygen atoms in total. The maximum Gasteiger partial charge on any atom is 0.317 e. The fourth-order valence-electron chi connectivity index (χ4n) is 24.2. The number of nitrogens with one attached hydrogen (secondary N) is 1. The summed E-state index contributed by atoms with van der Waals surface area (Å²) < 4.78 is 105. The lowest BCUT2D eigenvalue weighted by molar-refractivity contribution is -0.419. The summed E-state index contributed by atoms with van der Waals surface area (Å²) in [7, 11) is 0. The Morgan fingerprint density at radius 3 is 1.57 bits per heavy atom. The van der Waals surface area contributed by atoms with Gasteiger partial charge < -0.3 is 193 Å². The molecule has 24 unspecified atom stereocenters. The molecule has 23 N–H and O–H groups in total. The number of fused-ring (bicyclic) bond motifs is 7. The molecule has 13 aliphatic rings. The summed E-state index contributed by atoms with van der Waals surface area (Å²) in [5.41, 5.74) is -4.42. The first-order valence-corrected chi connectivity index (χ1v) is 48.5. The molecule has 8 heterocycles. The molecule has 1 aromatic carbocycles. The Labute approximate surface area is 789 Å². The highest BCUT2D eigenvalue weighted by Crippen LogP contribution is 2.76. The van der Waals surface area contributed by atoms with Gasteiger partial charge in [-0.3, -0.25) is 14.8 Å². The summed E-state index contributed by atoms with van der Waals surface area (Å²) in [6.45, 7) is 14.6. The van der Waals surface area contributed by atoms with Crippen LogP contribution in [0, 0.1) is 44.8 Å². The maximum atomic E-state index is 16.2. The molecule has 1 amide bonds. The van der Waals surface area contributed by atoms with Gasteiger partial charge in [0.25, 0.3) is 5.91 Å². The van der Waals surface area contributed by atoms with Crippen molar-refractivity contribution in [1.82, 2.24) is 5.32 Å². The molecule has 0 radical (unpaired) electrons.